The molecule has 1 N–H and O–H groups in total. The molecule has 2 aliphatic heterocycles. The van der Waals surface area contributed by atoms with Crippen LogP contribution in [0.2, 0.25) is 0 Å². The van der Waals surface area contributed by atoms with Crippen LogP contribution in [0.5, 0.6) is 0 Å². The molecule has 0 saturated carbocycles. The Bertz CT molecular complexity index is 723. The van der Waals surface area contributed by atoms with Crippen LogP contribution >= 0.6 is 23.7 Å². The zero-order valence-electron chi connectivity index (χ0n) is 14.8. The molecule has 0 aliphatic carbocycles. The highest BCUT2D eigenvalue weighted by Crippen LogP contribution is 2.32. The molecule has 2 fully saturated rings. The van der Waals surface area contributed by atoms with Gasteiger partial charge in [0.2, 0.25) is 5.89 Å². The van der Waals surface area contributed by atoms with E-state index in [1.165, 1.54) is 11.3 Å². The van der Waals surface area contributed by atoms with Crippen LogP contribution in [0.3, 0.4) is 0 Å². The molecule has 2 aliphatic rings. The number of nitrogens with zero attached hydrogens (tertiary/aromatic N) is 4. The van der Waals surface area contributed by atoms with Crippen LogP contribution in [0.4, 0.5) is 0 Å². The molecule has 0 bridgehead atoms. The molecule has 0 spiro atoms. The van der Waals surface area contributed by atoms with Crippen LogP contribution < -0.4 is 5.32 Å². The molecule has 26 heavy (non-hydrogen) atoms. The van der Waals surface area contributed by atoms with Crippen LogP contribution in [-0.2, 0) is 0 Å². The third kappa shape index (κ3) is 3.78. The first kappa shape index (κ1) is 19.3. The van der Waals surface area contributed by atoms with Crippen LogP contribution in [0.15, 0.2) is 22.0 Å². The highest BCUT2D eigenvalue weighted by atomic mass is 35.5. The number of hydrogen-bond acceptors (Lipinski definition) is 7. The fourth-order valence-electron chi connectivity index (χ4n) is 3.59. The normalized spacial score (nSPS) is 24.3. The van der Waals surface area contributed by atoms with Crippen molar-refractivity contribution >= 4 is 29.7 Å². The van der Waals surface area contributed by atoms with Gasteiger partial charge in [0, 0.05) is 26.2 Å². The summed E-state index contributed by atoms with van der Waals surface area (Å²) in [7, 11) is 2.08. The second-order valence-electron chi connectivity index (χ2n) is 6.68. The van der Waals surface area contributed by atoms with Crippen LogP contribution in [-0.4, -0.2) is 59.1 Å². The Morgan fingerprint density at radius 2 is 2.23 bits per heavy atom. The van der Waals surface area contributed by atoms with Crippen molar-refractivity contribution in [3.8, 4) is 0 Å². The van der Waals surface area contributed by atoms with E-state index in [0.717, 1.165) is 50.3 Å². The standard InChI is InChI=1S/C17H23N5O2S.ClH/c1-21-9-7-18-11-13(21)15-19-16(24-20-15)12-5-2-3-8-22(12)17(23)14-6-4-10-25-14;/h4,6,10,12-13,18H,2-3,5,7-9,11H2,1H3;1H. The van der Waals surface area contributed by atoms with Gasteiger partial charge in [0.25, 0.3) is 5.91 Å². The second-order valence-corrected chi connectivity index (χ2v) is 7.63. The Hall–Kier alpha value is -1.48. The summed E-state index contributed by atoms with van der Waals surface area (Å²) in [6, 6.07) is 3.79. The van der Waals surface area contributed by atoms with Gasteiger partial charge in [-0.1, -0.05) is 11.2 Å². The molecule has 2 aromatic rings. The Labute approximate surface area is 163 Å². The largest absolute Gasteiger partial charge is 0.337 e. The van der Waals surface area contributed by atoms with Crippen molar-refractivity contribution < 1.29 is 9.32 Å². The van der Waals surface area contributed by atoms with Gasteiger partial charge >= 0.3 is 0 Å². The van der Waals surface area contributed by atoms with Gasteiger partial charge in [-0.15, -0.1) is 23.7 Å². The molecular formula is C17H24ClN5O2S. The predicted octanol–water partition coefficient (Wildman–Crippen LogP) is 2.50. The Morgan fingerprint density at radius 1 is 1.35 bits per heavy atom. The molecule has 142 valence electrons. The van der Waals surface area contributed by atoms with Crippen LogP contribution in [0.25, 0.3) is 0 Å². The minimum Gasteiger partial charge on any atom is -0.337 e. The Kier molecular flexibility index (Phi) is 6.29. The molecule has 2 unspecified atom stereocenters. The zero-order valence-corrected chi connectivity index (χ0v) is 16.4. The Balaban J connectivity index is 0.00000196. The number of likely N-dealkylation sites (tertiary alicyclic amines) is 1. The number of likely N-dealkylation sites (N-methyl/N-ethyl adjacent to an activating group) is 1. The number of carbonyl (C=O) groups excluding carboxylic acids is 1. The fraction of sp³-hybridized carbons (Fsp3) is 0.588. The first-order chi connectivity index (χ1) is 12.2. The summed E-state index contributed by atoms with van der Waals surface area (Å²) >= 11 is 1.48. The number of aromatic nitrogens is 2. The molecule has 4 rings (SSSR count). The highest BCUT2D eigenvalue weighted by molar-refractivity contribution is 7.12. The first-order valence-corrected chi connectivity index (χ1v) is 9.71. The van der Waals surface area contributed by atoms with Gasteiger partial charge in [-0.05, 0) is 37.8 Å². The molecule has 0 aromatic carbocycles. The molecule has 4 heterocycles. The maximum absolute atomic E-state index is 12.8. The van der Waals surface area contributed by atoms with E-state index in [1.807, 2.05) is 22.4 Å². The first-order valence-electron chi connectivity index (χ1n) is 8.83. The second kappa shape index (κ2) is 8.47. The lowest BCUT2D eigenvalue weighted by Gasteiger charge is -2.33. The lowest BCUT2D eigenvalue weighted by atomic mass is 10.0. The summed E-state index contributed by atoms with van der Waals surface area (Å²) in [4.78, 5) is 22.4. The van der Waals surface area contributed by atoms with Gasteiger partial charge in [0.1, 0.15) is 6.04 Å². The van der Waals surface area contributed by atoms with Gasteiger partial charge < -0.3 is 14.7 Å². The highest BCUT2D eigenvalue weighted by Gasteiger charge is 2.34. The number of nitrogens with one attached hydrogen (secondary N) is 1. The maximum Gasteiger partial charge on any atom is 0.264 e. The molecule has 2 saturated heterocycles. The fourth-order valence-corrected chi connectivity index (χ4v) is 4.26. The van der Waals surface area contributed by atoms with Gasteiger partial charge in [-0.25, -0.2) is 0 Å². The monoisotopic (exact) mass is 397 g/mol. The van der Waals surface area contributed by atoms with E-state index in [1.54, 1.807) is 0 Å². The summed E-state index contributed by atoms with van der Waals surface area (Å²) in [6.45, 7) is 3.49. The van der Waals surface area contributed by atoms with Crippen molar-refractivity contribution in [3.63, 3.8) is 0 Å². The molecule has 2 atom stereocenters. The number of hydrogen-bond donors (Lipinski definition) is 1. The lowest BCUT2D eigenvalue weighted by molar-refractivity contribution is 0.0566. The smallest absolute Gasteiger partial charge is 0.264 e. The number of thiophene rings is 1. The predicted molar refractivity (Wildman–Crippen MR) is 102 cm³/mol. The van der Waals surface area contributed by atoms with Crippen molar-refractivity contribution in [3.05, 3.63) is 34.1 Å². The van der Waals surface area contributed by atoms with E-state index in [2.05, 4.69) is 27.4 Å². The third-order valence-corrected chi connectivity index (χ3v) is 5.91. The van der Waals surface area contributed by atoms with E-state index >= 15 is 0 Å². The molecule has 0 radical (unpaired) electrons. The van der Waals surface area contributed by atoms with Gasteiger partial charge in [0.15, 0.2) is 5.82 Å². The van der Waals surface area contributed by atoms with Crippen LogP contribution in [0, 0.1) is 0 Å². The number of amides is 1. The zero-order chi connectivity index (χ0) is 17.2. The molecule has 2 aromatic heterocycles. The van der Waals surface area contributed by atoms with E-state index in [9.17, 15) is 4.79 Å². The molecular weight excluding hydrogens is 374 g/mol. The summed E-state index contributed by atoms with van der Waals surface area (Å²) in [5.41, 5.74) is 0. The minimum absolute atomic E-state index is 0. The van der Waals surface area contributed by atoms with E-state index in [-0.39, 0.29) is 30.4 Å². The quantitative estimate of drug-likeness (QED) is 0.857. The molecule has 9 heteroatoms. The van der Waals surface area contributed by atoms with E-state index in [0.29, 0.717) is 11.7 Å². The number of piperidine rings is 1. The van der Waals surface area contributed by atoms with Gasteiger partial charge in [0.05, 0.1) is 10.9 Å². The Morgan fingerprint density at radius 3 is 3.00 bits per heavy atom. The van der Waals surface area contributed by atoms with E-state index < -0.39 is 0 Å². The van der Waals surface area contributed by atoms with Crippen molar-refractivity contribution in [2.75, 3.05) is 33.2 Å². The number of piperazine rings is 1. The van der Waals surface area contributed by atoms with Crippen LogP contribution in [0.1, 0.15) is 52.7 Å². The van der Waals surface area contributed by atoms with Gasteiger partial charge in [-0.2, -0.15) is 4.98 Å². The van der Waals surface area contributed by atoms with Crippen molar-refractivity contribution in [1.29, 1.82) is 0 Å². The topological polar surface area (TPSA) is 74.5 Å². The minimum atomic E-state index is -0.119. The molecule has 1 amide bonds. The lowest BCUT2D eigenvalue weighted by Crippen LogP contribution is -2.44. The summed E-state index contributed by atoms with van der Waals surface area (Å²) in [5, 5.41) is 9.52. The SMILES string of the molecule is CN1CCNCC1c1noc(C2CCCCN2C(=O)c2cccs2)n1.Cl. The van der Waals surface area contributed by atoms with Gasteiger partial charge in [-0.3, -0.25) is 9.69 Å². The van der Waals surface area contributed by atoms with Crippen molar-refractivity contribution in [2.45, 2.75) is 31.3 Å². The number of halogens is 1. The summed E-state index contributed by atoms with van der Waals surface area (Å²) in [5.74, 6) is 1.34. The van der Waals surface area contributed by atoms with E-state index in [4.69, 9.17) is 4.52 Å². The van der Waals surface area contributed by atoms with Crippen molar-refractivity contribution in [2.24, 2.45) is 0 Å². The number of rotatable bonds is 3. The number of carbonyl (C=O) groups is 1. The average Bonchev–Trinajstić information content (AvgIpc) is 3.34. The molecule has 7 nitrogen and oxygen atoms in total. The maximum atomic E-state index is 12.8. The third-order valence-electron chi connectivity index (χ3n) is 5.05. The summed E-state index contributed by atoms with van der Waals surface area (Å²) < 4.78 is 5.60. The average molecular weight is 398 g/mol. The van der Waals surface area contributed by atoms with Crippen molar-refractivity contribution in [1.82, 2.24) is 25.3 Å². The summed E-state index contributed by atoms with van der Waals surface area (Å²) in [6.07, 6.45) is 2.96.